The molecular weight excluding hydrogens is 146 g/mol. The summed E-state index contributed by atoms with van der Waals surface area (Å²) in [5.41, 5.74) is 0. The van der Waals surface area contributed by atoms with Crippen LogP contribution >= 0.6 is 0 Å². The van der Waals surface area contributed by atoms with Crippen LogP contribution < -0.4 is 5.32 Å². The van der Waals surface area contributed by atoms with Gasteiger partial charge in [-0.15, -0.1) is 0 Å². The Morgan fingerprint density at radius 1 is 1.73 bits per heavy atom. The summed E-state index contributed by atoms with van der Waals surface area (Å²) in [5.74, 6) is -0.459. The Labute approximate surface area is 64.6 Å². The maximum absolute atomic E-state index is 10.8. The molecule has 1 saturated heterocycles. The van der Waals surface area contributed by atoms with Gasteiger partial charge in [-0.3, -0.25) is 9.59 Å². The van der Waals surface area contributed by atoms with Crippen molar-refractivity contribution in [2.24, 2.45) is 5.92 Å². The van der Waals surface area contributed by atoms with Crippen molar-refractivity contribution in [3.05, 3.63) is 0 Å². The van der Waals surface area contributed by atoms with Gasteiger partial charge in [-0.2, -0.15) is 0 Å². The number of amides is 1. The van der Waals surface area contributed by atoms with Crippen LogP contribution in [-0.4, -0.2) is 29.4 Å². The molecule has 1 aliphatic heterocycles. The Hall–Kier alpha value is -0.900. The van der Waals surface area contributed by atoms with Gasteiger partial charge >= 0.3 is 0 Å². The van der Waals surface area contributed by atoms with Crippen LogP contribution in [-0.2, 0) is 9.59 Å². The molecule has 4 nitrogen and oxygen atoms in total. The minimum Gasteiger partial charge on any atom is -0.396 e. The van der Waals surface area contributed by atoms with E-state index in [1.807, 2.05) is 0 Å². The number of rotatable bonds is 3. The molecule has 0 saturated carbocycles. The topological polar surface area (TPSA) is 66.4 Å². The molecule has 1 heterocycles. The van der Waals surface area contributed by atoms with Crippen LogP contribution in [0.5, 0.6) is 0 Å². The fourth-order valence-electron chi connectivity index (χ4n) is 1.24. The predicted octanol–water partition coefficient (Wildman–Crippen LogP) is -0.928. The summed E-state index contributed by atoms with van der Waals surface area (Å²) in [6.07, 6.45) is 0.385. The van der Waals surface area contributed by atoms with Crippen molar-refractivity contribution >= 4 is 11.7 Å². The van der Waals surface area contributed by atoms with Gasteiger partial charge in [0.25, 0.3) is 0 Å². The monoisotopic (exact) mass is 157 g/mol. The summed E-state index contributed by atoms with van der Waals surface area (Å²) in [4.78, 5) is 21.5. The molecule has 62 valence electrons. The molecule has 1 aliphatic rings. The molecule has 2 unspecified atom stereocenters. The highest BCUT2D eigenvalue weighted by atomic mass is 16.3. The fraction of sp³-hybridized carbons (Fsp3) is 0.714. The summed E-state index contributed by atoms with van der Waals surface area (Å²) in [6, 6.07) is -0.352. The van der Waals surface area contributed by atoms with Gasteiger partial charge in [-0.1, -0.05) is 0 Å². The van der Waals surface area contributed by atoms with E-state index in [2.05, 4.69) is 5.32 Å². The van der Waals surface area contributed by atoms with Crippen molar-refractivity contribution in [3.63, 3.8) is 0 Å². The lowest BCUT2D eigenvalue weighted by Gasteiger charge is -2.34. The molecule has 0 aromatic carbocycles. The fourth-order valence-corrected chi connectivity index (χ4v) is 1.24. The molecule has 1 fully saturated rings. The number of carbonyl (C=O) groups is 2. The highest BCUT2D eigenvalue weighted by molar-refractivity contribution is 5.99. The first-order valence-corrected chi connectivity index (χ1v) is 3.58. The minimum atomic E-state index is -0.352. The van der Waals surface area contributed by atoms with E-state index in [-0.39, 0.29) is 30.3 Å². The van der Waals surface area contributed by atoms with Crippen LogP contribution in [0.2, 0.25) is 0 Å². The molecule has 1 amide bonds. The van der Waals surface area contributed by atoms with Gasteiger partial charge in [0.2, 0.25) is 5.91 Å². The number of hydrogen-bond donors (Lipinski definition) is 2. The van der Waals surface area contributed by atoms with Crippen LogP contribution in [0.15, 0.2) is 0 Å². The van der Waals surface area contributed by atoms with E-state index < -0.39 is 0 Å². The first-order valence-electron chi connectivity index (χ1n) is 3.58. The predicted molar refractivity (Wildman–Crippen MR) is 37.8 cm³/mol. The van der Waals surface area contributed by atoms with E-state index in [4.69, 9.17) is 5.11 Å². The average Bonchev–Trinajstić information content (AvgIpc) is 1.95. The Balaban J connectivity index is 2.47. The maximum atomic E-state index is 10.8. The summed E-state index contributed by atoms with van der Waals surface area (Å²) < 4.78 is 0. The standard InChI is InChI=1S/C7H11NO3/c1-4(10)6-5(2-3-9)7(11)8-6/h5-6,9H,2-3H2,1H3,(H,8,11). The second-order valence-corrected chi connectivity index (χ2v) is 2.72. The first-order chi connectivity index (χ1) is 5.16. The van der Waals surface area contributed by atoms with E-state index in [1.54, 1.807) is 0 Å². The number of ketones is 1. The first kappa shape index (κ1) is 8.20. The number of β-lactam (4-membered cyclic amide) rings is 1. The van der Waals surface area contributed by atoms with Gasteiger partial charge in [-0.05, 0) is 13.3 Å². The van der Waals surface area contributed by atoms with E-state index in [0.717, 1.165) is 0 Å². The molecule has 0 spiro atoms. The second-order valence-electron chi connectivity index (χ2n) is 2.72. The number of carbonyl (C=O) groups excluding carboxylic acids is 2. The molecule has 2 atom stereocenters. The lowest BCUT2D eigenvalue weighted by Crippen LogP contribution is -2.61. The smallest absolute Gasteiger partial charge is 0.226 e. The molecule has 0 aromatic heterocycles. The third kappa shape index (κ3) is 1.40. The zero-order valence-electron chi connectivity index (χ0n) is 6.33. The zero-order chi connectivity index (χ0) is 8.43. The Bertz CT molecular complexity index is 190. The Morgan fingerprint density at radius 2 is 2.36 bits per heavy atom. The highest BCUT2D eigenvalue weighted by Gasteiger charge is 2.41. The quantitative estimate of drug-likeness (QED) is 0.520. The van der Waals surface area contributed by atoms with Crippen LogP contribution in [0.3, 0.4) is 0 Å². The van der Waals surface area contributed by atoms with Crippen LogP contribution in [0.4, 0.5) is 0 Å². The van der Waals surface area contributed by atoms with E-state index >= 15 is 0 Å². The SMILES string of the molecule is CC(=O)C1NC(=O)C1CCO. The third-order valence-electron chi connectivity index (χ3n) is 1.91. The molecule has 2 N–H and O–H groups in total. The van der Waals surface area contributed by atoms with Gasteiger partial charge in [0.15, 0.2) is 5.78 Å². The molecule has 4 heteroatoms. The molecule has 0 aliphatic carbocycles. The van der Waals surface area contributed by atoms with Crippen LogP contribution in [0.25, 0.3) is 0 Å². The highest BCUT2D eigenvalue weighted by Crippen LogP contribution is 2.18. The molecule has 11 heavy (non-hydrogen) atoms. The number of aliphatic hydroxyl groups excluding tert-OH is 1. The maximum Gasteiger partial charge on any atom is 0.226 e. The molecule has 1 rings (SSSR count). The zero-order valence-corrected chi connectivity index (χ0v) is 6.33. The largest absolute Gasteiger partial charge is 0.396 e. The third-order valence-corrected chi connectivity index (χ3v) is 1.91. The van der Waals surface area contributed by atoms with Gasteiger partial charge in [0.1, 0.15) is 0 Å². The van der Waals surface area contributed by atoms with E-state index in [9.17, 15) is 9.59 Å². The minimum absolute atomic E-state index is 0.0388. The van der Waals surface area contributed by atoms with E-state index in [1.165, 1.54) is 6.92 Å². The van der Waals surface area contributed by atoms with Gasteiger partial charge in [-0.25, -0.2) is 0 Å². The number of Topliss-reactive ketones (excluding diaryl/α,β-unsaturated/α-hetero) is 1. The average molecular weight is 157 g/mol. The van der Waals surface area contributed by atoms with Crippen molar-refractivity contribution in [2.45, 2.75) is 19.4 Å². The second kappa shape index (κ2) is 3.00. The van der Waals surface area contributed by atoms with Crippen molar-refractivity contribution in [3.8, 4) is 0 Å². The summed E-state index contributed by atoms with van der Waals surface area (Å²) >= 11 is 0. The number of nitrogens with one attached hydrogen (secondary N) is 1. The molecule has 0 radical (unpaired) electrons. The molecule has 0 bridgehead atoms. The van der Waals surface area contributed by atoms with Crippen molar-refractivity contribution in [1.29, 1.82) is 0 Å². The summed E-state index contributed by atoms with van der Waals surface area (Å²) in [7, 11) is 0. The van der Waals surface area contributed by atoms with Crippen molar-refractivity contribution in [2.75, 3.05) is 6.61 Å². The summed E-state index contributed by atoms with van der Waals surface area (Å²) in [5, 5.41) is 11.0. The lowest BCUT2D eigenvalue weighted by molar-refractivity contribution is -0.142. The van der Waals surface area contributed by atoms with Gasteiger partial charge in [0, 0.05) is 6.61 Å². The van der Waals surface area contributed by atoms with Gasteiger partial charge in [0.05, 0.1) is 12.0 Å². The Morgan fingerprint density at radius 3 is 2.73 bits per heavy atom. The van der Waals surface area contributed by atoms with Crippen molar-refractivity contribution < 1.29 is 14.7 Å². The Kier molecular flexibility index (Phi) is 2.24. The molecular formula is C7H11NO3. The van der Waals surface area contributed by atoms with Crippen molar-refractivity contribution in [1.82, 2.24) is 5.32 Å². The molecule has 0 aromatic rings. The van der Waals surface area contributed by atoms with E-state index in [0.29, 0.717) is 6.42 Å². The van der Waals surface area contributed by atoms with Crippen LogP contribution in [0.1, 0.15) is 13.3 Å². The number of aliphatic hydroxyl groups is 1. The normalized spacial score (nSPS) is 29.1. The van der Waals surface area contributed by atoms with Gasteiger partial charge < -0.3 is 10.4 Å². The lowest BCUT2D eigenvalue weighted by atomic mass is 9.85. The number of hydrogen-bond acceptors (Lipinski definition) is 3. The van der Waals surface area contributed by atoms with Crippen LogP contribution in [0, 0.1) is 5.92 Å². The summed E-state index contributed by atoms with van der Waals surface area (Å²) in [6.45, 7) is 1.40.